The minimum Gasteiger partial charge on any atom is -0.508 e. The molecule has 1 fully saturated rings. The van der Waals surface area contributed by atoms with E-state index < -0.39 is 0 Å². The first-order chi connectivity index (χ1) is 9.11. The van der Waals surface area contributed by atoms with E-state index in [-0.39, 0.29) is 17.5 Å². The Morgan fingerprint density at radius 3 is 2.95 bits per heavy atom. The van der Waals surface area contributed by atoms with Crippen LogP contribution in [-0.2, 0) is 0 Å². The van der Waals surface area contributed by atoms with Crippen molar-refractivity contribution in [1.29, 1.82) is 0 Å². The van der Waals surface area contributed by atoms with Crippen molar-refractivity contribution in [3.05, 3.63) is 23.8 Å². The standard InChI is InChI=1S/C15H24N2O2/c1-3-17-8-4-5-12(17)10-16-11(2)14-9-13(18)6-7-15(14)19/h6-7,9,11-12,16,18-19H,3-5,8,10H2,1-2H3. The SMILES string of the molecule is CCN1CCCC1CNC(C)c1cc(O)ccc1O. The maximum atomic E-state index is 9.83. The zero-order valence-electron chi connectivity index (χ0n) is 11.8. The smallest absolute Gasteiger partial charge is 0.120 e. The van der Waals surface area contributed by atoms with Crippen LogP contribution >= 0.6 is 0 Å². The van der Waals surface area contributed by atoms with Crippen molar-refractivity contribution in [2.24, 2.45) is 0 Å². The van der Waals surface area contributed by atoms with Crippen LogP contribution in [-0.4, -0.2) is 40.8 Å². The summed E-state index contributed by atoms with van der Waals surface area (Å²) in [4.78, 5) is 2.49. The number of nitrogens with zero attached hydrogens (tertiary/aromatic N) is 1. The fourth-order valence-electron chi connectivity index (χ4n) is 2.85. The van der Waals surface area contributed by atoms with Crippen molar-refractivity contribution < 1.29 is 10.2 Å². The zero-order chi connectivity index (χ0) is 13.8. The quantitative estimate of drug-likeness (QED) is 0.714. The number of rotatable bonds is 5. The molecule has 1 aromatic carbocycles. The molecule has 1 aliphatic rings. The van der Waals surface area contributed by atoms with Crippen LogP contribution in [0.2, 0.25) is 0 Å². The summed E-state index contributed by atoms with van der Waals surface area (Å²) in [6.07, 6.45) is 2.51. The van der Waals surface area contributed by atoms with Crippen molar-refractivity contribution >= 4 is 0 Å². The summed E-state index contributed by atoms with van der Waals surface area (Å²) in [7, 11) is 0. The highest BCUT2D eigenvalue weighted by molar-refractivity contribution is 5.40. The highest BCUT2D eigenvalue weighted by Gasteiger charge is 2.23. The molecule has 0 amide bonds. The second kappa shape index (κ2) is 6.26. The van der Waals surface area contributed by atoms with E-state index in [1.54, 1.807) is 6.07 Å². The van der Waals surface area contributed by atoms with Gasteiger partial charge in [-0.1, -0.05) is 6.92 Å². The van der Waals surface area contributed by atoms with Gasteiger partial charge in [-0.3, -0.25) is 4.90 Å². The van der Waals surface area contributed by atoms with Gasteiger partial charge >= 0.3 is 0 Å². The summed E-state index contributed by atoms with van der Waals surface area (Å²) in [6.45, 7) is 7.42. The molecular formula is C15H24N2O2. The minimum atomic E-state index is 0.0337. The third kappa shape index (κ3) is 3.39. The molecule has 0 aromatic heterocycles. The molecule has 1 aromatic rings. The number of benzene rings is 1. The molecule has 3 N–H and O–H groups in total. The number of phenolic OH excluding ortho intramolecular Hbond substituents is 2. The van der Waals surface area contributed by atoms with Crippen molar-refractivity contribution in [2.75, 3.05) is 19.6 Å². The van der Waals surface area contributed by atoms with Crippen LogP contribution in [0.25, 0.3) is 0 Å². The summed E-state index contributed by atoms with van der Waals surface area (Å²) >= 11 is 0. The van der Waals surface area contributed by atoms with E-state index in [1.807, 2.05) is 6.92 Å². The third-order valence-electron chi connectivity index (χ3n) is 4.04. The molecule has 0 spiro atoms. The van der Waals surface area contributed by atoms with Gasteiger partial charge in [0.25, 0.3) is 0 Å². The van der Waals surface area contributed by atoms with E-state index in [1.165, 1.54) is 31.5 Å². The lowest BCUT2D eigenvalue weighted by molar-refractivity contribution is 0.255. The fourth-order valence-corrected chi connectivity index (χ4v) is 2.85. The molecule has 2 rings (SSSR count). The van der Waals surface area contributed by atoms with Gasteiger partial charge in [0.15, 0.2) is 0 Å². The maximum absolute atomic E-state index is 9.83. The first kappa shape index (κ1) is 14.2. The molecular weight excluding hydrogens is 240 g/mol. The van der Waals surface area contributed by atoms with Gasteiger partial charge in [0.1, 0.15) is 11.5 Å². The zero-order valence-corrected chi connectivity index (χ0v) is 11.8. The Hall–Kier alpha value is -1.26. The summed E-state index contributed by atoms with van der Waals surface area (Å²) in [5, 5.41) is 22.8. The van der Waals surface area contributed by atoms with Crippen LogP contribution in [0.1, 0.15) is 38.3 Å². The van der Waals surface area contributed by atoms with Crippen LogP contribution in [0, 0.1) is 0 Å². The minimum absolute atomic E-state index is 0.0337. The van der Waals surface area contributed by atoms with Crippen LogP contribution in [0.4, 0.5) is 0 Å². The molecule has 0 bridgehead atoms. The Bertz CT molecular complexity index is 423. The average molecular weight is 264 g/mol. The number of phenols is 2. The molecule has 1 saturated heterocycles. The average Bonchev–Trinajstić information content (AvgIpc) is 2.86. The van der Waals surface area contributed by atoms with Crippen LogP contribution < -0.4 is 5.32 Å². The maximum Gasteiger partial charge on any atom is 0.120 e. The van der Waals surface area contributed by atoms with Crippen molar-refractivity contribution in [3.8, 4) is 11.5 Å². The van der Waals surface area contributed by atoms with E-state index in [0.717, 1.165) is 18.7 Å². The molecule has 2 atom stereocenters. The Balaban J connectivity index is 1.93. The van der Waals surface area contributed by atoms with E-state index >= 15 is 0 Å². The largest absolute Gasteiger partial charge is 0.508 e. The van der Waals surface area contributed by atoms with Gasteiger partial charge in [-0.15, -0.1) is 0 Å². The number of nitrogens with one attached hydrogen (secondary N) is 1. The number of likely N-dealkylation sites (tertiary alicyclic amines) is 1. The molecule has 106 valence electrons. The molecule has 1 aliphatic heterocycles. The van der Waals surface area contributed by atoms with Crippen molar-refractivity contribution in [2.45, 2.75) is 38.8 Å². The summed E-state index contributed by atoms with van der Waals surface area (Å²) in [5.41, 5.74) is 0.751. The highest BCUT2D eigenvalue weighted by Crippen LogP contribution is 2.28. The first-order valence-electron chi connectivity index (χ1n) is 7.11. The van der Waals surface area contributed by atoms with Gasteiger partial charge in [-0.05, 0) is 51.1 Å². The van der Waals surface area contributed by atoms with Crippen LogP contribution in [0.3, 0.4) is 0 Å². The Morgan fingerprint density at radius 1 is 1.42 bits per heavy atom. The molecule has 4 heteroatoms. The van der Waals surface area contributed by atoms with Gasteiger partial charge in [-0.25, -0.2) is 0 Å². The predicted molar refractivity (Wildman–Crippen MR) is 76.5 cm³/mol. The highest BCUT2D eigenvalue weighted by atomic mass is 16.3. The topological polar surface area (TPSA) is 55.7 Å². The summed E-state index contributed by atoms with van der Waals surface area (Å²) in [5.74, 6) is 0.425. The van der Waals surface area contributed by atoms with Crippen LogP contribution in [0.15, 0.2) is 18.2 Å². The van der Waals surface area contributed by atoms with Gasteiger partial charge in [0.2, 0.25) is 0 Å². The molecule has 2 unspecified atom stereocenters. The second-order valence-electron chi connectivity index (χ2n) is 5.30. The fraction of sp³-hybridized carbons (Fsp3) is 0.600. The Kier molecular flexibility index (Phi) is 4.66. The van der Waals surface area contributed by atoms with E-state index in [4.69, 9.17) is 0 Å². The van der Waals surface area contributed by atoms with Gasteiger partial charge < -0.3 is 15.5 Å². The van der Waals surface area contributed by atoms with Gasteiger partial charge in [-0.2, -0.15) is 0 Å². The lowest BCUT2D eigenvalue weighted by atomic mass is 10.1. The molecule has 1 heterocycles. The van der Waals surface area contributed by atoms with E-state index in [2.05, 4.69) is 17.1 Å². The molecule has 19 heavy (non-hydrogen) atoms. The van der Waals surface area contributed by atoms with Crippen LogP contribution in [0.5, 0.6) is 11.5 Å². The summed E-state index contributed by atoms with van der Waals surface area (Å²) < 4.78 is 0. The van der Waals surface area contributed by atoms with Gasteiger partial charge in [0, 0.05) is 24.2 Å². The first-order valence-corrected chi connectivity index (χ1v) is 7.11. The number of hydrogen-bond acceptors (Lipinski definition) is 4. The Labute approximate surface area is 115 Å². The number of likely N-dealkylation sites (N-methyl/N-ethyl adjacent to an activating group) is 1. The third-order valence-corrected chi connectivity index (χ3v) is 4.04. The van der Waals surface area contributed by atoms with Gasteiger partial charge in [0.05, 0.1) is 0 Å². The van der Waals surface area contributed by atoms with E-state index in [9.17, 15) is 10.2 Å². The molecule has 0 saturated carbocycles. The van der Waals surface area contributed by atoms with E-state index in [0.29, 0.717) is 6.04 Å². The normalized spacial score (nSPS) is 21.7. The van der Waals surface area contributed by atoms with Crippen molar-refractivity contribution in [3.63, 3.8) is 0 Å². The molecule has 4 nitrogen and oxygen atoms in total. The Morgan fingerprint density at radius 2 is 2.21 bits per heavy atom. The molecule has 0 aliphatic carbocycles. The van der Waals surface area contributed by atoms with Crippen molar-refractivity contribution in [1.82, 2.24) is 10.2 Å². The summed E-state index contributed by atoms with van der Waals surface area (Å²) in [6, 6.07) is 5.29. The molecule has 0 radical (unpaired) electrons. The monoisotopic (exact) mass is 264 g/mol. The lowest BCUT2D eigenvalue weighted by Crippen LogP contribution is -2.38. The number of aromatic hydroxyl groups is 2. The number of hydrogen-bond donors (Lipinski definition) is 3. The predicted octanol–water partition coefficient (Wildman–Crippen LogP) is 2.23. The second-order valence-corrected chi connectivity index (χ2v) is 5.30. The lowest BCUT2D eigenvalue weighted by Gasteiger charge is -2.25.